The van der Waals surface area contributed by atoms with Gasteiger partial charge in [0.25, 0.3) is 0 Å². The highest BCUT2D eigenvalue weighted by molar-refractivity contribution is 7.91. The van der Waals surface area contributed by atoms with E-state index in [1.54, 1.807) is 36.4 Å². The van der Waals surface area contributed by atoms with Gasteiger partial charge in [-0.25, -0.2) is 8.42 Å². The third-order valence-corrected chi connectivity index (χ3v) is 5.33. The van der Waals surface area contributed by atoms with E-state index in [0.717, 1.165) is 5.56 Å². The highest BCUT2D eigenvalue weighted by Gasteiger charge is 2.29. The highest BCUT2D eigenvalue weighted by Crippen LogP contribution is 2.19. The maximum absolute atomic E-state index is 12.3. The lowest BCUT2D eigenvalue weighted by atomic mass is 10.2. The third kappa shape index (κ3) is 4.28. The van der Waals surface area contributed by atoms with Crippen molar-refractivity contribution in [3.05, 3.63) is 72.3 Å². The van der Waals surface area contributed by atoms with E-state index >= 15 is 0 Å². The Morgan fingerprint density at radius 2 is 1.65 bits per heavy atom. The standard InChI is InChI=1S/C18H18O4S/c19-23(20,17-9-5-2-6-10-17)14-16-13-21-18(22-16)12-11-15-7-3-1-4-8-15/h1-12,16,18H,13-14H2/b12-11+. The van der Waals surface area contributed by atoms with Crippen molar-refractivity contribution in [2.45, 2.75) is 17.3 Å². The molecule has 2 atom stereocenters. The molecule has 0 bridgehead atoms. The fourth-order valence-electron chi connectivity index (χ4n) is 2.38. The molecule has 0 radical (unpaired) electrons. The number of hydrogen-bond acceptors (Lipinski definition) is 4. The maximum Gasteiger partial charge on any atom is 0.181 e. The molecule has 5 heteroatoms. The van der Waals surface area contributed by atoms with Crippen LogP contribution < -0.4 is 0 Å². The van der Waals surface area contributed by atoms with Gasteiger partial charge in [-0.15, -0.1) is 0 Å². The largest absolute Gasteiger partial charge is 0.346 e. The summed E-state index contributed by atoms with van der Waals surface area (Å²) < 4.78 is 35.8. The second-order valence-electron chi connectivity index (χ2n) is 5.32. The van der Waals surface area contributed by atoms with E-state index in [0.29, 0.717) is 4.90 Å². The molecule has 1 aliphatic rings. The molecule has 0 N–H and O–H groups in total. The molecule has 0 spiro atoms. The van der Waals surface area contributed by atoms with Crippen LogP contribution >= 0.6 is 0 Å². The van der Waals surface area contributed by atoms with Crippen molar-refractivity contribution >= 4 is 15.9 Å². The van der Waals surface area contributed by atoms with Crippen LogP contribution in [-0.2, 0) is 19.3 Å². The van der Waals surface area contributed by atoms with Crippen molar-refractivity contribution in [3.63, 3.8) is 0 Å². The summed E-state index contributed by atoms with van der Waals surface area (Å²) in [7, 11) is -3.36. The fraction of sp³-hybridized carbons (Fsp3) is 0.222. The van der Waals surface area contributed by atoms with Crippen LogP contribution in [0.25, 0.3) is 6.08 Å². The molecule has 0 saturated carbocycles. The SMILES string of the molecule is O=S(=O)(CC1COC(/C=C/c2ccccc2)O1)c1ccccc1. The van der Waals surface area contributed by atoms with Crippen LogP contribution in [0.2, 0.25) is 0 Å². The van der Waals surface area contributed by atoms with Crippen LogP contribution in [0.5, 0.6) is 0 Å². The maximum atomic E-state index is 12.3. The zero-order valence-corrected chi connectivity index (χ0v) is 13.4. The van der Waals surface area contributed by atoms with E-state index in [-0.39, 0.29) is 12.4 Å². The van der Waals surface area contributed by atoms with E-state index in [1.807, 2.05) is 36.4 Å². The van der Waals surface area contributed by atoms with Crippen LogP contribution in [0.15, 0.2) is 71.6 Å². The molecule has 1 fully saturated rings. The van der Waals surface area contributed by atoms with E-state index in [2.05, 4.69) is 0 Å². The van der Waals surface area contributed by atoms with E-state index in [9.17, 15) is 8.42 Å². The summed E-state index contributed by atoms with van der Waals surface area (Å²) in [5, 5.41) is 0. The summed E-state index contributed by atoms with van der Waals surface area (Å²) in [5.41, 5.74) is 1.04. The summed E-state index contributed by atoms with van der Waals surface area (Å²) in [6, 6.07) is 18.2. The lowest BCUT2D eigenvalue weighted by Crippen LogP contribution is -2.23. The summed E-state index contributed by atoms with van der Waals surface area (Å²) in [6.45, 7) is 0.274. The smallest absolute Gasteiger partial charge is 0.181 e. The Kier molecular flexibility index (Phi) is 4.91. The number of benzene rings is 2. The van der Waals surface area contributed by atoms with E-state index in [4.69, 9.17) is 9.47 Å². The predicted octanol–water partition coefficient (Wildman–Crippen LogP) is 2.92. The highest BCUT2D eigenvalue weighted by atomic mass is 32.2. The minimum absolute atomic E-state index is 0.0767. The molecule has 2 aromatic rings. The van der Waals surface area contributed by atoms with Crippen molar-refractivity contribution in [1.82, 2.24) is 0 Å². The minimum Gasteiger partial charge on any atom is -0.346 e. The normalized spacial score (nSPS) is 21.7. The summed E-state index contributed by atoms with van der Waals surface area (Å²) >= 11 is 0. The predicted molar refractivity (Wildman–Crippen MR) is 88.6 cm³/mol. The van der Waals surface area contributed by atoms with Gasteiger partial charge in [0.05, 0.1) is 23.4 Å². The first-order valence-corrected chi connectivity index (χ1v) is 9.07. The average Bonchev–Trinajstić information content (AvgIpc) is 3.01. The molecular weight excluding hydrogens is 312 g/mol. The molecule has 120 valence electrons. The van der Waals surface area contributed by atoms with Crippen LogP contribution in [0.3, 0.4) is 0 Å². The molecule has 1 heterocycles. The second-order valence-corrected chi connectivity index (χ2v) is 7.36. The average molecular weight is 330 g/mol. The summed E-state index contributed by atoms with van der Waals surface area (Å²) in [4.78, 5) is 0.312. The topological polar surface area (TPSA) is 52.6 Å². The molecule has 4 nitrogen and oxygen atoms in total. The molecule has 3 rings (SSSR count). The molecule has 2 aromatic carbocycles. The first-order valence-electron chi connectivity index (χ1n) is 7.42. The number of hydrogen-bond donors (Lipinski definition) is 0. The molecule has 1 aliphatic heterocycles. The van der Waals surface area contributed by atoms with Gasteiger partial charge in [-0.1, -0.05) is 54.6 Å². The molecule has 1 saturated heterocycles. The van der Waals surface area contributed by atoms with Gasteiger partial charge in [0, 0.05) is 0 Å². The van der Waals surface area contributed by atoms with Crippen molar-refractivity contribution in [2.75, 3.05) is 12.4 Å². The third-order valence-electron chi connectivity index (χ3n) is 3.53. The molecular formula is C18H18O4S. The lowest BCUT2D eigenvalue weighted by Gasteiger charge is -2.10. The van der Waals surface area contributed by atoms with Gasteiger partial charge in [0.1, 0.15) is 0 Å². The Hall–Kier alpha value is -1.95. The van der Waals surface area contributed by atoms with Gasteiger partial charge in [-0.3, -0.25) is 0 Å². The Balaban J connectivity index is 1.59. The zero-order chi connectivity index (χ0) is 16.1. The fourth-order valence-corrected chi connectivity index (χ4v) is 3.81. The monoisotopic (exact) mass is 330 g/mol. The van der Waals surface area contributed by atoms with Gasteiger partial charge in [0.2, 0.25) is 0 Å². The number of sulfone groups is 1. The molecule has 2 unspecified atom stereocenters. The second kappa shape index (κ2) is 7.08. The molecule has 23 heavy (non-hydrogen) atoms. The van der Waals surface area contributed by atoms with Gasteiger partial charge >= 0.3 is 0 Å². The summed E-state index contributed by atoms with van der Waals surface area (Å²) in [6.07, 6.45) is 2.74. The van der Waals surface area contributed by atoms with E-state index < -0.39 is 22.2 Å². The van der Waals surface area contributed by atoms with Crippen LogP contribution in [0.1, 0.15) is 5.56 Å². The van der Waals surface area contributed by atoms with Crippen LogP contribution in [0.4, 0.5) is 0 Å². The van der Waals surface area contributed by atoms with E-state index in [1.165, 1.54) is 0 Å². The Morgan fingerprint density at radius 3 is 2.35 bits per heavy atom. The Bertz CT molecular complexity index is 754. The Morgan fingerprint density at radius 1 is 1.00 bits per heavy atom. The quantitative estimate of drug-likeness (QED) is 0.846. The first-order chi connectivity index (χ1) is 11.1. The van der Waals surface area contributed by atoms with Crippen molar-refractivity contribution in [2.24, 2.45) is 0 Å². The minimum atomic E-state index is -3.36. The number of rotatable bonds is 5. The van der Waals surface area contributed by atoms with Gasteiger partial charge in [-0.2, -0.15) is 0 Å². The Labute approximate surface area is 136 Å². The van der Waals surface area contributed by atoms with Crippen molar-refractivity contribution < 1.29 is 17.9 Å². The first kappa shape index (κ1) is 15.9. The molecule has 0 aliphatic carbocycles. The zero-order valence-electron chi connectivity index (χ0n) is 12.5. The summed E-state index contributed by atoms with van der Waals surface area (Å²) in [5.74, 6) is -0.0767. The molecule has 0 aromatic heterocycles. The van der Waals surface area contributed by atoms with Crippen molar-refractivity contribution in [3.8, 4) is 0 Å². The molecule has 0 amide bonds. The number of ether oxygens (including phenoxy) is 2. The van der Waals surface area contributed by atoms with Gasteiger partial charge in [-0.05, 0) is 23.8 Å². The van der Waals surface area contributed by atoms with Crippen LogP contribution in [0, 0.1) is 0 Å². The van der Waals surface area contributed by atoms with Crippen molar-refractivity contribution in [1.29, 1.82) is 0 Å². The van der Waals surface area contributed by atoms with Crippen LogP contribution in [-0.4, -0.2) is 33.2 Å². The lowest BCUT2D eigenvalue weighted by molar-refractivity contribution is -0.0149. The van der Waals surface area contributed by atoms with Gasteiger partial charge < -0.3 is 9.47 Å². The van der Waals surface area contributed by atoms with Gasteiger partial charge in [0.15, 0.2) is 16.1 Å².